The smallest absolute Gasteiger partial charge is 0.231 e. The highest BCUT2D eigenvalue weighted by Gasteiger charge is 2.16. The van der Waals surface area contributed by atoms with Crippen LogP contribution in [0.2, 0.25) is 0 Å². The van der Waals surface area contributed by atoms with Crippen LogP contribution in [-0.2, 0) is 4.74 Å². The van der Waals surface area contributed by atoms with Crippen molar-refractivity contribution in [2.75, 3.05) is 49.3 Å². The number of nitrogens with one attached hydrogen (secondary N) is 1. The summed E-state index contributed by atoms with van der Waals surface area (Å²) in [4.78, 5) is 15.6. The fraction of sp³-hybridized carbons (Fsp3) is 0.769. The summed E-state index contributed by atoms with van der Waals surface area (Å²) in [6, 6.07) is 0. The number of nitrogens with zero attached hydrogens (tertiary/aromatic N) is 4. The van der Waals surface area contributed by atoms with E-state index in [1.807, 2.05) is 7.05 Å². The maximum absolute atomic E-state index is 5.37. The van der Waals surface area contributed by atoms with E-state index in [0.717, 1.165) is 43.2 Å². The average molecular weight is 297 g/mol. The third-order valence-electron chi connectivity index (χ3n) is 3.31. The highest BCUT2D eigenvalue weighted by atomic mass is 32.2. The Morgan fingerprint density at radius 1 is 1.30 bits per heavy atom. The van der Waals surface area contributed by atoms with Crippen molar-refractivity contribution in [2.24, 2.45) is 5.92 Å². The van der Waals surface area contributed by atoms with E-state index >= 15 is 0 Å². The van der Waals surface area contributed by atoms with Crippen molar-refractivity contribution in [3.8, 4) is 0 Å². The van der Waals surface area contributed by atoms with Gasteiger partial charge in [-0.05, 0) is 5.92 Å². The summed E-state index contributed by atoms with van der Waals surface area (Å²) in [6.45, 7) is 7.59. The monoisotopic (exact) mass is 297 g/mol. The molecule has 1 atom stereocenters. The molecule has 1 N–H and O–H groups in total. The minimum Gasteiger partial charge on any atom is -0.378 e. The molecule has 1 unspecified atom stereocenters. The summed E-state index contributed by atoms with van der Waals surface area (Å²) in [5, 5.41) is 3.81. The van der Waals surface area contributed by atoms with Crippen LogP contribution in [0, 0.1) is 5.92 Å². The first-order chi connectivity index (χ1) is 9.72. The Morgan fingerprint density at radius 3 is 2.70 bits per heavy atom. The summed E-state index contributed by atoms with van der Waals surface area (Å²) in [5.74, 6) is 3.08. The highest BCUT2D eigenvalue weighted by Crippen LogP contribution is 2.22. The van der Waals surface area contributed by atoms with Crippen molar-refractivity contribution >= 4 is 23.7 Å². The minimum atomic E-state index is 0.633. The molecule has 0 radical (unpaired) electrons. The van der Waals surface area contributed by atoms with E-state index in [2.05, 4.69) is 39.0 Å². The van der Waals surface area contributed by atoms with Crippen molar-refractivity contribution in [2.45, 2.75) is 25.4 Å². The Bertz CT molecular complexity index is 425. The topological polar surface area (TPSA) is 63.2 Å². The molecule has 112 valence electrons. The molecule has 1 aromatic heterocycles. The predicted molar refractivity (Wildman–Crippen MR) is 82.6 cm³/mol. The molecule has 1 aliphatic heterocycles. The fourth-order valence-electron chi connectivity index (χ4n) is 1.76. The summed E-state index contributed by atoms with van der Waals surface area (Å²) >= 11 is 1.70. The van der Waals surface area contributed by atoms with E-state index in [-0.39, 0.29) is 0 Å². The summed E-state index contributed by atoms with van der Waals surface area (Å²) < 4.78 is 5.37. The number of aromatic nitrogens is 3. The lowest BCUT2D eigenvalue weighted by Crippen LogP contribution is -2.37. The standard InChI is InChI=1S/C13H23N5OS/c1-4-10(2)9-20-13-16-11(14-3)15-12(17-13)18-5-7-19-8-6-18/h10H,4-9H2,1-3H3,(H,14,15,16,17). The van der Waals surface area contributed by atoms with Gasteiger partial charge in [0.1, 0.15) is 0 Å². The number of morpholine rings is 1. The normalized spacial score (nSPS) is 17.1. The molecule has 1 aliphatic rings. The van der Waals surface area contributed by atoms with Crippen LogP contribution < -0.4 is 10.2 Å². The van der Waals surface area contributed by atoms with E-state index in [1.54, 1.807) is 11.8 Å². The van der Waals surface area contributed by atoms with Crippen molar-refractivity contribution in [3.63, 3.8) is 0 Å². The molecule has 0 aliphatic carbocycles. The van der Waals surface area contributed by atoms with Gasteiger partial charge in [-0.2, -0.15) is 15.0 Å². The maximum Gasteiger partial charge on any atom is 0.231 e. The van der Waals surface area contributed by atoms with Crippen LogP contribution in [0.5, 0.6) is 0 Å². The molecule has 0 aromatic carbocycles. The van der Waals surface area contributed by atoms with Crippen LogP contribution in [0.3, 0.4) is 0 Å². The number of ether oxygens (including phenoxy) is 1. The number of rotatable bonds is 6. The maximum atomic E-state index is 5.37. The number of hydrogen-bond donors (Lipinski definition) is 1. The van der Waals surface area contributed by atoms with Crippen LogP contribution >= 0.6 is 11.8 Å². The molecule has 2 heterocycles. The second-order valence-electron chi connectivity index (χ2n) is 4.92. The summed E-state index contributed by atoms with van der Waals surface area (Å²) in [6.07, 6.45) is 1.17. The molecule has 20 heavy (non-hydrogen) atoms. The van der Waals surface area contributed by atoms with Gasteiger partial charge < -0.3 is 15.0 Å². The Morgan fingerprint density at radius 2 is 2.05 bits per heavy atom. The molecule has 2 rings (SSSR count). The molecular weight excluding hydrogens is 274 g/mol. The van der Waals surface area contributed by atoms with Crippen molar-refractivity contribution < 1.29 is 4.74 Å². The number of thioether (sulfide) groups is 1. The van der Waals surface area contributed by atoms with Gasteiger partial charge in [0.25, 0.3) is 0 Å². The van der Waals surface area contributed by atoms with Gasteiger partial charge >= 0.3 is 0 Å². The average Bonchev–Trinajstić information content (AvgIpc) is 2.53. The largest absolute Gasteiger partial charge is 0.378 e. The molecule has 0 saturated carbocycles. The Hall–Kier alpha value is -1.08. The van der Waals surface area contributed by atoms with E-state index in [1.165, 1.54) is 6.42 Å². The Kier molecular flexibility index (Phi) is 5.85. The first-order valence-electron chi connectivity index (χ1n) is 7.12. The molecule has 0 spiro atoms. The SMILES string of the molecule is CCC(C)CSc1nc(NC)nc(N2CCOCC2)n1. The van der Waals surface area contributed by atoms with Crippen molar-refractivity contribution in [1.82, 2.24) is 15.0 Å². The molecule has 1 aromatic rings. The van der Waals surface area contributed by atoms with Crippen molar-refractivity contribution in [3.05, 3.63) is 0 Å². The van der Waals surface area contributed by atoms with Gasteiger partial charge in [0, 0.05) is 25.9 Å². The second-order valence-corrected chi connectivity index (χ2v) is 5.90. The van der Waals surface area contributed by atoms with Gasteiger partial charge in [0.15, 0.2) is 5.16 Å². The Labute approximate surface area is 124 Å². The number of anilines is 2. The first kappa shape index (κ1) is 15.3. The Balaban J connectivity index is 2.10. The van der Waals surface area contributed by atoms with Gasteiger partial charge in [-0.1, -0.05) is 32.0 Å². The molecule has 0 bridgehead atoms. The molecule has 6 nitrogen and oxygen atoms in total. The zero-order valence-corrected chi connectivity index (χ0v) is 13.2. The van der Waals surface area contributed by atoms with E-state index in [4.69, 9.17) is 4.74 Å². The fourth-order valence-corrected chi connectivity index (χ4v) is 2.73. The lowest BCUT2D eigenvalue weighted by atomic mass is 10.2. The quantitative estimate of drug-likeness (QED) is 0.804. The van der Waals surface area contributed by atoms with Crippen molar-refractivity contribution in [1.29, 1.82) is 0 Å². The van der Waals surface area contributed by atoms with Crippen LogP contribution in [0.1, 0.15) is 20.3 Å². The molecule has 1 saturated heterocycles. The lowest BCUT2D eigenvalue weighted by molar-refractivity contribution is 0.122. The van der Waals surface area contributed by atoms with Gasteiger partial charge in [0.05, 0.1) is 13.2 Å². The first-order valence-corrected chi connectivity index (χ1v) is 8.10. The zero-order valence-electron chi connectivity index (χ0n) is 12.4. The van der Waals surface area contributed by atoms with E-state index < -0.39 is 0 Å². The molecular formula is C13H23N5OS. The van der Waals surface area contributed by atoms with E-state index in [9.17, 15) is 0 Å². The lowest BCUT2D eigenvalue weighted by Gasteiger charge is -2.27. The van der Waals surface area contributed by atoms with E-state index in [0.29, 0.717) is 11.9 Å². The van der Waals surface area contributed by atoms with Crippen LogP contribution in [-0.4, -0.2) is 54.1 Å². The number of hydrogen-bond acceptors (Lipinski definition) is 7. The zero-order chi connectivity index (χ0) is 14.4. The van der Waals surface area contributed by atoms with Crippen LogP contribution in [0.25, 0.3) is 0 Å². The molecule has 0 amide bonds. The van der Waals surface area contributed by atoms with Crippen LogP contribution in [0.4, 0.5) is 11.9 Å². The van der Waals surface area contributed by atoms with Crippen LogP contribution in [0.15, 0.2) is 5.16 Å². The summed E-state index contributed by atoms with van der Waals surface area (Å²) in [5.41, 5.74) is 0. The third-order valence-corrected chi connectivity index (χ3v) is 4.49. The molecule has 7 heteroatoms. The summed E-state index contributed by atoms with van der Waals surface area (Å²) in [7, 11) is 1.83. The van der Waals surface area contributed by atoms with Gasteiger partial charge in [-0.3, -0.25) is 0 Å². The third kappa shape index (κ3) is 4.21. The minimum absolute atomic E-state index is 0.633. The highest BCUT2D eigenvalue weighted by molar-refractivity contribution is 7.99. The molecule has 1 fully saturated rings. The van der Waals surface area contributed by atoms with Gasteiger partial charge in [-0.25, -0.2) is 0 Å². The van der Waals surface area contributed by atoms with Gasteiger partial charge in [-0.15, -0.1) is 0 Å². The second kappa shape index (κ2) is 7.64. The van der Waals surface area contributed by atoms with Gasteiger partial charge in [0.2, 0.25) is 11.9 Å². The predicted octanol–water partition coefficient (Wildman–Crippen LogP) is 1.89.